The van der Waals surface area contributed by atoms with Gasteiger partial charge in [0.25, 0.3) is 11.5 Å². The van der Waals surface area contributed by atoms with Crippen molar-refractivity contribution in [1.82, 2.24) is 9.88 Å². The first-order chi connectivity index (χ1) is 9.61. The summed E-state index contributed by atoms with van der Waals surface area (Å²) in [5.41, 5.74) is 0.660. The summed E-state index contributed by atoms with van der Waals surface area (Å²) < 4.78 is 5.72. The molecule has 0 unspecified atom stereocenters. The molecule has 1 atom stereocenters. The number of aromatic amines is 1. The monoisotopic (exact) mass is 278 g/mol. The number of carbonyl (C=O) groups excluding carboxylic acids is 1. The highest BCUT2D eigenvalue weighted by Crippen LogP contribution is 2.15. The van der Waals surface area contributed by atoms with Crippen LogP contribution in [0.3, 0.4) is 0 Å². The third-order valence-electron chi connectivity index (χ3n) is 3.51. The zero-order valence-electron chi connectivity index (χ0n) is 12.1. The van der Waals surface area contributed by atoms with Crippen molar-refractivity contribution in [1.29, 1.82) is 0 Å². The second kappa shape index (κ2) is 6.70. The van der Waals surface area contributed by atoms with Crippen LogP contribution in [-0.2, 0) is 4.74 Å². The summed E-state index contributed by atoms with van der Waals surface area (Å²) in [6.07, 6.45) is 2.97. The van der Waals surface area contributed by atoms with E-state index in [1.165, 1.54) is 0 Å². The molecule has 0 saturated carbocycles. The predicted octanol–water partition coefficient (Wildman–Crippen LogP) is 1.71. The molecule has 0 spiro atoms. The molecule has 20 heavy (non-hydrogen) atoms. The quantitative estimate of drug-likeness (QED) is 0.912. The van der Waals surface area contributed by atoms with E-state index in [-0.39, 0.29) is 23.1 Å². The third kappa shape index (κ3) is 3.48. The molecule has 0 aromatic carbocycles. The number of piperidine rings is 1. The summed E-state index contributed by atoms with van der Waals surface area (Å²) in [5, 5.41) is 0. The number of ether oxygens (including phenoxy) is 1. The van der Waals surface area contributed by atoms with Crippen LogP contribution in [0.15, 0.2) is 16.9 Å². The molecule has 0 radical (unpaired) electrons. The Bertz CT molecular complexity index is 524. The summed E-state index contributed by atoms with van der Waals surface area (Å²) >= 11 is 0. The van der Waals surface area contributed by atoms with Gasteiger partial charge in [-0.25, -0.2) is 0 Å². The number of nitrogens with zero attached hydrogens (tertiary/aromatic N) is 1. The first kappa shape index (κ1) is 14.8. The molecule has 2 rings (SSSR count). The number of hydrogen-bond donors (Lipinski definition) is 1. The number of amides is 1. The number of aryl methyl sites for hydroxylation is 1. The molecule has 1 aromatic heterocycles. The van der Waals surface area contributed by atoms with E-state index >= 15 is 0 Å². The minimum absolute atomic E-state index is 0.0946. The molecule has 1 aliphatic rings. The largest absolute Gasteiger partial charge is 0.376 e. The van der Waals surface area contributed by atoms with Gasteiger partial charge < -0.3 is 14.6 Å². The van der Waals surface area contributed by atoms with Gasteiger partial charge in [0.15, 0.2) is 0 Å². The van der Waals surface area contributed by atoms with E-state index < -0.39 is 0 Å². The highest BCUT2D eigenvalue weighted by molar-refractivity contribution is 5.93. The fourth-order valence-electron chi connectivity index (χ4n) is 2.45. The van der Waals surface area contributed by atoms with Crippen LogP contribution >= 0.6 is 0 Å². The van der Waals surface area contributed by atoms with Gasteiger partial charge in [0.05, 0.1) is 6.10 Å². The molecule has 1 saturated heterocycles. The molecule has 1 fully saturated rings. The van der Waals surface area contributed by atoms with Crippen molar-refractivity contribution < 1.29 is 9.53 Å². The van der Waals surface area contributed by atoms with Gasteiger partial charge in [0.2, 0.25) is 0 Å². The molecule has 5 nitrogen and oxygen atoms in total. The lowest BCUT2D eigenvalue weighted by Gasteiger charge is -2.32. The fourth-order valence-corrected chi connectivity index (χ4v) is 2.45. The Kier molecular flexibility index (Phi) is 4.95. The summed E-state index contributed by atoms with van der Waals surface area (Å²) in [5.74, 6) is -0.198. The Balaban J connectivity index is 2.06. The Morgan fingerprint density at radius 1 is 1.50 bits per heavy atom. The lowest BCUT2D eigenvalue weighted by Crippen LogP contribution is -2.44. The van der Waals surface area contributed by atoms with Gasteiger partial charge in [0.1, 0.15) is 5.56 Å². The third-order valence-corrected chi connectivity index (χ3v) is 3.51. The first-order valence-corrected chi connectivity index (χ1v) is 7.22. The van der Waals surface area contributed by atoms with Gasteiger partial charge in [-0.15, -0.1) is 0 Å². The number of likely N-dealkylation sites (tertiary alicyclic amines) is 1. The second-order valence-electron chi connectivity index (χ2n) is 5.27. The summed E-state index contributed by atoms with van der Waals surface area (Å²) in [6.45, 7) is 5.85. The highest BCUT2D eigenvalue weighted by atomic mass is 16.5. The molecule has 5 heteroatoms. The number of hydrogen-bond acceptors (Lipinski definition) is 3. The van der Waals surface area contributed by atoms with E-state index in [1.807, 2.05) is 0 Å². The zero-order chi connectivity index (χ0) is 14.5. The van der Waals surface area contributed by atoms with Crippen LogP contribution in [-0.4, -0.2) is 41.6 Å². The molecule has 0 aliphatic carbocycles. The summed E-state index contributed by atoms with van der Waals surface area (Å²) in [4.78, 5) is 28.6. The van der Waals surface area contributed by atoms with Crippen molar-refractivity contribution in [2.24, 2.45) is 0 Å². The van der Waals surface area contributed by atoms with Gasteiger partial charge in [-0.1, -0.05) is 6.92 Å². The predicted molar refractivity (Wildman–Crippen MR) is 77.0 cm³/mol. The van der Waals surface area contributed by atoms with Gasteiger partial charge in [-0.2, -0.15) is 0 Å². The minimum atomic E-state index is -0.313. The number of rotatable bonds is 4. The fraction of sp³-hybridized carbons (Fsp3) is 0.600. The highest BCUT2D eigenvalue weighted by Gasteiger charge is 2.26. The van der Waals surface area contributed by atoms with Crippen LogP contribution in [0.2, 0.25) is 0 Å². The normalized spacial score (nSPS) is 19.1. The molecule has 1 amide bonds. The molecule has 1 N–H and O–H groups in total. The van der Waals surface area contributed by atoms with Crippen LogP contribution in [0, 0.1) is 6.92 Å². The molecular formula is C15H22N2O3. The van der Waals surface area contributed by atoms with Crippen LogP contribution < -0.4 is 5.56 Å². The molecule has 110 valence electrons. The van der Waals surface area contributed by atoms with E-state index in [0.717, 1.165) is 31.6 Å². The average Bonchev–Trinajstić information content (AvgIpc) is 2.45. The van der Waals surface area contributed by atoms with Crippen molar-refractivity contribution in [3.8, 4) is 0 Å². The molecular weight excluding hydrogens is 256 g/mol. The second-order valence-corrected chi connectivity index (χ2v) is 5.27. The van der Waals surface area contributed by atoms with E-state index in [0.29, 0.717) is 13.1 Å². The van der Waals surface area contributed by atoms with Crippen molar-refractivity contribution in [3.63, 3.8) is 0 Å². The van der Waals surface area contributed by atoms with E-state index in [1.54, 1.807) is 24.0 Å². The molecule has 1 aromatic rings. The van der Waals surface area contributed by atoms with Gasteiger partial charge in [0, 0.05) is 25.4 Å². The molecule has 0 bridgehead atoms. The van der Waals surface area contributed by atoms with Crippen molar-refractivity contribution in [2.45, 2.75) is 39.2 Å². The van der Waals surface area contributed by atoms with Gasteiger partial charge >= 0.3 is 0 Å². The smallest absolute Gasteiger partial charge is 0.260 e. The van der Waals surface area contributed by atoms with Crippen molar-refractivity contribution in [2.75, 3.05) is 19.7 Å². The van der Waals surface area contributed by atoms with Crippen LogP contribution in [0.1, 0.15) is 42.2 Å². The molecule has 1 aliphatic heterocycles. The van der Waals surface area contributed by atoms with Crippen LogP contribution in [0.5, 0.6) is 0 Å². The van der Waals surface area contributed by atoms with Crippen LogP contribution in [0.4, 0.5) is 0 Å². The summed E-state index contributed by atoms with van der Waals surface area (Å²) in [7, 11) is 0. The topological polar surface area (TPSA) is 62.4 Å². The maximum atomic E-state index is 12.4. The molecule has 2 heterocycles. The SMILES string of the molecule is CCCO[C@@H]1CCCN(C(=O)c2ccc(C)[nH]c2=O)C1. The summed E-state index contributed by atoms with van der Waals surface area (Å²) in [6, 6.07) is 3.36. The number of nitrogens with one attached hydrogen (secondary N) is 1. The van der Waals surface area contributed by atoms with Gasteiger partial charge in [-0.05, 0) is 38.3 Å². The zero-order valence-corrected chi connectivity index (χ0v) is 12.1. The number of aromatic nitrogens is 1. The van der Waals surface area contributed by atoms with Crippen molar-refractivity contribution >= 4 is 5.91 Å². The lowest BCUT2D eigenvalue weighted by molar-refractivity contribution is 0.00205. The number of pyridine rings is 1. The maximum Gasteiger partial charge on any atom is 0.260 e. The Hall–Kier alpha value is -1.62. The van der Waals surface area contributed by atoms with E-state index in [2.05, 4.69) is 11.9 Å². The number of carbonyl (C=O) groups is 1. The Morgan fingerprint density at radius 3 is 3.00 bits per heavy atom. The van der Waals surface area contributed by atoms with Crippen molar-refractivity contribution in [3.05, 3.63) is 33.7 Å². The minimum Gasteiger partial charge on any atom is -0.376 e. The van der Waals surface area contributed by atoms with Gasteiger partial charge in [-0.3, -0.25) is 9.59 Å². The van der Waals surface area contributed by atoms with E-state index in [9.17, 15) is 9.59 Å². The number of H-pyrrole nitrogens is 1. The Morgan fingerprint density at radius 2 is 2.30 bits per heavy atom. The lowest BCUT2D eigenvalue weighted by atomic mass is 10.1. The van der Waals surface area contributed by atoms with Crippen LogP contribution in [0.25, 0.3) is 0 Å². The van der Waals surface area contributed by atoms with E-state index in [4.69, 9.17) is 4.74 Å². The Labute approximate surface area is 118 Å². The standard InChI is InChI=1S/C15H22N2O3/c1-3-9-20-12-5-4-8-17(10-12)15(19)13-7-6-11(2)16-14(13)18/h6-7,12H,3-5,8-10H2,1-2H3,(H,16,18)/t12-/m1/s1. The average molecular weight is 278 g/mol. The maximum absolute atomic E-state index is 12.4. The first-order valence-electron chi connectivity index (χ1n) is 7.22.